The van der Waals surface area contributed by atoms with Gasteiger partial charge in [0.1, 0.15) is 47.0 Å². The lowest BCUT2D eigenvalue weighted by Gasteiger charge is -2.15. The van der Waals surface area contributed by atoms with Gasteiger partial charge in [-0.05, 0) is 34.9 Å². The molecule has 48 heavy (non-hydrogen) atoms. The number of halogens is 6. The standard InChI is InChI=1S/C34H4F6N8/c1-45-21-6-15(19(37)8-20(21)38)26-28(23(12-44)47-3)30-31(34(26)48-4)33(40)29-25(32(30)39)16(10-42)24(27(29)22(11-43)46-2)14-5-13(9-41)17(35)7-18(14)36/h5-8H/b27-22-,28-23+. The molecule has 0 saturated heterocycles. The van der Waals surface area contributed by atoms with Crippen molar-refractivity contribution in [2.45, 2.75) is 0 Å². The lowest BCUT2D eigenvalue weighted by molar-refractivity contribution is 0.578. The number of nitriles is 4. The van der Waals surface area contributed by atoms with E-state index in [0.29, 0.717) is 12.1 Å². The minimum Gasteiger partial charge on any atom is -0.237 e. The Morgan fingerprint density at radius 2 is 1.08 bits per heavy atom. The highest BCUT2D eigenvalue weighted by atomic mass is 19.2. The van der Waals surface area contributed by atoms with Crippen LogP contribution in [0.15, 0.2) is 35.7 Å². The maximum Gasteiger partial charge on any atom is 0.270 e. The Balaban J connectivity index is 2.07. The fourth-order valence-corrected chi connectivity index (χ4v) is 5.50. The van der Waals surface area contributed by atoms with Crippen molar-refractivity contribution in [3.63, 3.8) is 0 Å². The van der Waals surface area contributed by atoms with Gasteiger partial charge in [-0.15, -0.1) is 0 Å². The van der Waals surface area contributed by atoms with E-state index < -0.39 is 124 Å². The van der Waals surface area contributed by atoms with Crippen LogP contribution in [0.1, 0.15) is 38.9 Å². The van der Waals surface area contributed by atoms with E-state index in [4.69, 9.17) is 26.3 Å². The molecule has 0 spiro atoms. The van der Waals surface area contributed by atoms with E-state index in [9.17, 15) is 29.8 Å². The lowest BCUT2D eigenvalue weighted by atomic mass is 9.90. The third-order valence-corrected chi connectivity index (χ3v) is 7.36. The second-order valence-electron chi connectivity index (χ2n) is 9.54. The zero-order valence-electron chi connectivity index (χ0n) is 23.2. The van der Waals surface area contributed by atoms with Crippen LogP contribution in [-0.2, 0) is 0 Å². The summed E-state index contributed by atoms with van der Waals surface area (Å²) in [6.45, 7) is 30.0. The molecule has 0 radical (unpaired) electrons. The molecule has 3 aromatic carbocycles. The third-order valence-electron chi connectivity index (χ3n) is 7.36. The van der Waals surface area contributed by atoms with Gasteiger partial charge in [0, 0.05) is 45.0 Å². The van der Waals surface area contributed by atoms with Crippen molar-refractivity contribution in [3.8, 4) is 24.3 Å². The summed E-state index contributed by atoms with van der Waals surface area (Å²) in [7, 11) is 0. The quantitative estimate of drug-likeness (QED) is 0.159. The van der Waals surface area contributed by atoms with E-state index in [1.54, 1.807) is 6.07 Å². The summed E-state index contributed by atoms with van der Waals surface area (Å²) < 4.78 is 93.1. The Morgan fingerprint density at radius 3 is 1.58 bits per heavy atom. The number of hydrogen-bond acceptors (Lipinski definition) is 4. The molecule has 0 aliphatic heterocycles. The van der Waals surface area contributed by atoms with Gasteiger partial charge in [-0.25, -0.2) is 56.2 Å². The predicted octanol–water partition coefficient (Wildman–Crippen LogP) is 8.50. The molecule has 0 saturated carbocycles. The molecule has 5 rings (SSSR count). The molecule has 14 heteroatoms. The number of fused-ring (bicyclic) bond motifs is 2. The molecule has 222 valence electrons. The van der Waals surface area contributed by atoms with Gasteiger partial charge in [0.05, 0.1) is 49.6 Å². The second kappa shape index (κ2) is 11.6. The van der Waals surface area contributed by atoms with Crippen LogP contribution in [0.25, 0.3) is 52.9 Å². The van der Waals surface area contributed by atoms with Crippen molar-refractivity contribution in [2.24, 2.45) is 0 Å². The SMILES string of the molecule is [C-]#[N+]C1=C(c2cc([N+]#[C-])c(F)cc2F)/C(=C(/C#N)[N+]#[C-])c2c(F)c3c(c(F)c21)/C(=C(/C#N)[N+]#[C-])C(c1cc(C#N)c(F)cc1F)=C3C#N. The molecule has 2 aliphatic carbocycles. The summed E-state index contributed by atoms with van der Waals surface area (Å²) in [6, 6.07) is 7.55. The number of rotatable bonds is 2. The maximum absolute atomic E-state index is 17.0. The summed E-state index contributed by atoms with van der Waals surface area (Å²) in [5, 5.41) is 39.1. The van der Waals surface area contributed by atoms with E-state index in [1.165, 1.54) is 18.2 Å². The molecule has 0 amide bonds. The first-order chi connectivity index (χ1) is 23.0. The van der Waals surface area contributed by atoms with E-state index in [1.807, 2.05) is 0 Å². The zero-order chi connectivity index (χ0) is 35.2. The number of allylic oxidation sites excluding steroid dienone is 7. The molecule has 3 aromatic rings. The van der Waals surface area contributed by atoms with Crippen LogP contribution in [0, 0.1) is 107 Å². The Labute approximate surface area is 266 Å². The fraction of sp³-hybridized carbons (Fsp3) is 0. The second-order valence-corrected chi connectivity index (χ2v) is 9.54. The zero-order valence-corrected chi connectivity index (χ0v) is 23.2. The molecule has 0 aromatic heterocycles. The minimum atomic E-state index is -1.63. The van der Waals surface area contributed by atoms with Gasteiger partial charge in [-0.3, -0.25) is 0 Å². The van der Waals surface area contributed by atoms with Gasteiger partial charge in [0.25, 0.3) is 11.4 Å². The Kier molecular flexibility index (Phi) is 7.60. The Morgan fingerprint density at radius 1 is 0.562 bits per heavy atom. The topological polar surface area (TPSA) is 113 Å². The molecule has 0 bridgehead atoms. The highest BCUT2D eigenvalue weighted by Gasteiger charge is 2.44. The molecular weight excluding hydrogens is 634 g/mol. The predicted molar refractivity (Wildman–Crippen MR) is 154 cm³/mol. The first-order valence-corrected chi connectivity index (χ1v) is 12.6. The Hall–Kier alpha value is -7.88. The summed E-state index contributed by atoms with van der Waals surface area (Å²) in [4.78, 5) is 12.1. The van der Waals surface area contributed by atoms with Crippen LogP contribution in [0.3, 0.4) is 0 Å². The molecule has 2 aliphatic rings. The molecular formula is C34H4F6N8. The summed E-state index contributed by atoms with van der Waals surface area (Å²) >= 11 is 0. The molecule has 0 N–H and O–H groups in total. The minimum absolute atomic E-state index is 0.240. The molecule has 8 nitrogen and oxygen atoms in total. The first-order valence-electron chi connectivity index (χ1n) is 12.6. The largest absolute Gasteiger partial charge is 0.270 e. The highest BCUT2D eigenvalue weighted by molar-refractivity contribution is 6.29. The van der Waals surface area contributed by atoms with Crippen LogP contribution in [0.2, 0.25) is 0 Å². The van der Waals surface area contributed by atoms with Crippen molar-refractivity contribution >= 4 is 39.2 Å². The van der Waals surface area contributed by atoms with Crippen molar-refractivity contribution in [2.75, 3.05) is 0 Å². The molecule has 0 atom stereocenters. The normalized spacial score (nSPS) is 14.6. The van der Waals surface area contributed by atoms with E-state index in [2.05, 4.69) is 19.4 Å². The van der Waals surface area contributed by atoms with Gasteiger partial charge in [-0.1, -0.05) is 0 Å². The highest BCUT2D eigenvalue weighted by Crippen LogP contribution is 2.58. The van der Waals surface area contributed by atoms with Crippen molar-refractivity contribution in [1.29, 1.82) is 21.0 Å². The van der Waals surface area contributed by atoms with Crippen LogP contribution in [-0.4, -0.2) is 0 Å². The fourth-order valence-electron chi connectivity index (χ4n) is 5.50. The number of benzene rings is 3. The van der Waals surface area contributed by atoms with Gasteiger partial charge in [-0.2, -0.15) is 10.5 Å². The van der Waals surface area contributed by atoms with E-state index >= 15 is 17.6 Å². The molecule has 0 unspecified atom stereocenters. The van der Waals surface area contributed by atoms with Crippen molar-refractivity contribution in [3.05, 3.63) is 155 Å². The molecule has 0 heterocycles. The summed E-state index contributed by atoms with van der Waals surface area (Å²) in [5.41, 5.74) is -14.4. The lowest BCUT2D eigenvalue weighted by Crippen LogP contribution is -2.05. The summed E-state index contributed by atoms with van der Waals surface area (Å²) in [5.74, 6) is -8.84. The van der Waals surface area contributed by atoms with Gasteiger partial charge < -0.3 is 0 Å². The van der Waals surface area contributed by atoms with Crippen molar-refractivity contribution < 1.29 is 26.3 Å². The van der Waals surface area contributed by atoms with E-state index in [-0.39, 0.29) is 12.1 Å². The van der Waals surface area contributed by atoms with Gasteiger partial charge in [0.2, 0.25) is 11.4 Å². The molecule has 0 fully saturated rings. The van der Waals surface area contributed by atoms with Crippen LogP contribution >= 0.6 is 0 Å². The van der Waals surface area contributed by atoms with Gasteiger partial charge >= 0.3 is 0 Å². The van der Waals surface area contributed by atoms with Crippen LogP contribution in [0.4, 0.5) is 32.0 Å². The van der Waals surface area contributed by atoms with Gasteiger partial charge in [0.15, 0.2) is 0 Å². The third kappa shape index (κ3) is 4.18. The average molecular weight is 638 g/mol. The number of hydrogen-bond donors (Lipinski definition) is 0. The number of nitrogens with zero attached hydrogens (tertiary/aromatic N) is 8. The smallest absolute Gasteiger partial charge is 0.237 e. The van der Waals surface area contributed by atoms with Crippen LogP contribution < -0.4 is 0 Å². The van der Waals surface area contributed by atoms with Crippen LogP contribution in [0.5, 0.6) is 0 Å². The van der Waals surface area contributed by atoms with E-state index in [0.717, 1.165) is 0 Å². The monoisotopic (exact) mass is 638 g/mol. The summed E-state index contributed by atoms with van der Waals surface area (Å²) in [6.07, 6.45) is 0. The van der Waals surface area contributed by atoms with Crippen molar-refractivity contribution in [1.82, 2.24) is 0 Å². The maximum atomic E-state index is 17.0. The average Bonchev–Trinajstić information content (AvgIpc) is 3.59. The first kappa shape index (κ1) is 31.5. The Bertz CT molecular complexity index is 2390.